The van der Waals surface area contributed by atoms with E-state index in [-0.39, 0.29) is 40.2 Å². The van der Waals surface area contributed by atoms with Crippen molar-refractivity contribution < 1.29 is 18.3 Å². The van der Waals surface area contributed by atoms with Gasteiger partial charge < -0.3 is 10.1 Å². The number of ether oxygens (including phenoxy) is 1. The molecule has 1 N–H and O–H groups in total. The van der Waals surface area contributed by atoms with Crippen molar-refractivity contribution in [2.45, 2.75) is 59.1 Å². The Balaban J connectivity index is 1.73. The van der Waals surface area contributed by atoms with Gasteiger partial charge in [-0.25, -0.2) is 8.78 Å². The fraction of sp³-hybridized carbons (Fsp3) is 0.682. The first-order valence-corrected chi connectivity index (χ1v) is 10.0. The molecule has 5 heteroatoms. The topological polar surface area (TPSA) is 38.3 Å². The van der Waals surface area contributed by atoms with Crippen LogP contribution in [-0.2, 0) is 9.53 Å². The van der Waals surface area contributed by atoms with Crippen molar-refractivity contribution in [3.8, 4) is 0 Å². The number of nitrogens with one attached hydrogen (secondary N) is 1. The number of rotatable bonds is 3. The number of hydrogen-bond donors (Lipinski definition) is 1. The third-order valence-electron chi connectivity index (χ3n) is 7.60. The van der Waals surface area contributed by atoms with Crippen LogP contribution in [0.4, 0.5) is 8.78 Å². The van der Waals surface area contributed by atoms with Gasteiger partial charge in [0.1, 0.15) is 11.6 Å². The highest BCUT2D eigenvalue weighted by Crippen LogP contribution is 2.70. The molecule has 148 valence electrons. The van der Waals surface area contributed by atoms with Crippen LogP contribution in [0.5, 0.6) is 0 Å². The maximum Gasteiger partial charge on any atom is 0.222 e. The highest BCUT2D eigenvalue weighted by Gasteiger charge is 2.68. The molecule has 1 aromatic carbocycles. The van der Waals surface area contributed by atoms with Crippen LogP contribution in [0, 0.1) is 40.2 Å². The van der Waals surface area contributed by atoms with E-state index in [4.69, 9.17) is 4.74 Å². The largest absolute Gasteiger partial charge is 0.373 e. The highest BCUT2D eigenvalue weighted by atomic mass is 19.1. The van der Waals surface area contributed by atoms with Crippen molar-refractivity contribution in [1.29, 1.82) is 0 Å². The molecule has 1 saturated heterocycles. The van der Waals surface area contributed by atoms with Crippen LogP contribution in [0.1, 0.15) is 58.6 Å². The second-order valence-corrected chi connectivity index (χ2v) is 9.57. The highest BCUT2D eigenvalue weighted by molar-refractivity contribution is 5.78. The molecule has 1 heterocycles. The quantitative estimate of drug-likeness (QED) is 0.835. The molecule has 1 amide bonds. The number of amides is 1. The second kappa shape index (κ2) is 6.26. The second-order valence-electron chi connectivity index (χ2n) is 9.57. The van der Waals surface area contributed by atoms with E-state index in [9.17, 15) is 13.6 Å². The normalized spacial score (nSPS) is 36.7. The summed E-state index contributed by atoms with van der Waals surface area (Å²) in [6.45, 7) is 8.70. The Labute approximate surface area is 159 Å². The molecule has 0 aromatic heterocycles. The van der Waals surface area contributed by atoms with Gasteiger partial charge in [-0.3, -0.25) is 4.79 Å². The maximum atomic E-state index is 14.5. The molecular formula is C22H29F2NO2. The third-order valence-corrected chi connectivity index (χ3v) is 7.60. The molecule has 3 aliphatic rings. The smallest absolute Gasteiger partial charge is 0.222 e. The van der Waals surface area contributed by atoms with Gasteiger partial charge >= 0.3 is 0 Å². The van der Waals surface area contributed by atoms with Gasteiger partial charge in [-0.05, 0) is 54.1 Å². The van der Waals surface area contributed by atoms with Gasteiger partial charge in [-0.1, -0.05) is 33.8 Å². The molecule has 3 nitrogen and oxygen atoms in total. The van der Waals surface area contributed by atoms with E-state index in [1.54, 1.807) is 0 Å². The Hall–Kier alpha value is -1.49. The molecule has 2 aliphatic carbocycles. The van der Waals surface area contributed by atoms with Crippen LogP contribution in [-0.4, -0.2) is 18.6 Å². The fourth-order valence-electron chi connectivity index (χ4n) is 6.16. The standard InChI is InChI=1S/C22H29F2NO2/c1-12(2)19(26)25-20-21(3,4)13-10-14-18(27-9-8-22(14,20)11-13)17-15(23)6-5-7-16(17)24/h5-7,12-14,18,20H,8-11H2,1-4H3,(H,25,26)/t13-,14-,18+,20+,22?/m1/s1. The molecule has 1 unspecified atom stereocenters. The minimum atomic E-state index is -0.584. The minimum absolute atomic E-state index is 0.00452. The van der Waals surface area contributed by atoms with Crippen LogP contribution in [0.2, 0.25) is 0 Å². The van der Waals surface area contributed by atoms with Crippen molar-refractivity contribution in [1.82, 2.24) is 5.32 Å². The number of carbonyl (C=O) groups is 1. The van der Waals surface area contributed by atoms with E-state index in [1.807, 2.05) is 13.8 Å². The average Bonchev–Trinajstić information content (AvgIpc) is 3.08. The van der Waals surface area contributed by atoms with Crippen molar-refractivity contribution in [3.05, 3.63) is 35.4 Å². The van der Waals surface area contributed by atoms with Crippen LogP contribution in [0.3, 0.4) is 0 Å². The zero-order valence-corrected chi connectivity index (χ0v) is 16.5. The number of carbonyl (C=O) groups excluding carboxylic acids is 1. The van der Waals surface area contributed by atoms with E-state index in [0.29, 0.717) is 12.5 Å². The molecule has 2 bridgehead atoms. The number of fused-ring (bicyclic) bond motifs is 1. The Kier molecular flexibility index (Phi) is 4.37. The third kappa shape index (κ3) is 2.65. The lowest BCUT2D eigenvalue weighted by molar-refractivity contribution is -0.140. The molecule has 1 aliphatic heterocycles. The Bertz CT molecular complexity index is 742. The first kappa shape index (κ1) is 18.9. The summed E-state index contributed by atoms with van der Waals surface area (Å²) < 4.78 is 35.0. The zero-order valence-electron chi connectivity index (χ0n) is 16.5. The average molecular weight is 377 g/mol. The van der Waals surface area contributed by atoms with E-state index in [1.165, 1.54) is 18.2 Å². The summed E-state index contributed by atoms with van der Waals surface area (Å²) in [7, 11) is 0. The van der Waals surface area contributed by atoms with Crippen molar-refractivity contribution >= 4 is 5.91 Å². The number of hydrogen-bond acceptors (Lipinski definition) is 2. The van der Waals surface area contributed by atoms with Crippen LogP contribution in [0.25, 0.3) is 0 Å². The minimum Gasteiger partial charge on any atom is -0.373 e. The maximum absolute atomic E-state index is 14.5. The summed E-state index contributed by atoms with van der Waals surface area (Å²) in [6, 6.07) is 4.00. The van der Waals surface area contributed by atoms with Crippen LogP contribution < -0.4 is 5.32 Å². The summed E-state index contributed by atoms with van der Waals surface area (Å²) in [5.74, 6) is -0.681. The van der Waals surface area contributed by atoms with Gasteiger partial charge in [0.2, 0.25) is 5.91 Å². The van der Waals surface area contributed by atoms with Crippen molar-refractivity contribution in [2.24, 2.45) is 28.6 Å². The lowest BCUT2D eigenvalue weighted by Gasteiger charge is -2.53. The molecule has 1 aromatic rings. The van der Waals surface area contributed by atoms with E-state index < -0.39 is 17.7 Å². The van der Waals surface area contributed by atoms with Gasteiger partial charge in [0.25, 0.3) is 0 Å². The summed E-state index contributed by atoms with van der Waals surface area (Å²) in [6.07, 6.45) is 2.12. The molecule has 3 fully saturated rings. The van der Waals surface area contributed by atoms with Gasteiger partial charge in [0.05, 0.1) is 11.7 Å². The van der Waals surface area contributed by atoms with Gasteiger partial charge in [0, 0.05) is 18.6 Å². The molecule has 0 radical (unpaired) electrons. The van der Waals surface area contributed by atoms with Crippen molar-refractivity contribution in [3.63, 3.8) is 0 Å². The summed E-state index contributed by atoms with van der Waals surface area (Å²) in [4.78, 5) is 12.5. The van der Waals surface area contributed by atoms with Gasteiger partial charge in [-0.15, -0.1) is 0 Å². The predicted molar refractivity (Wildman–Crippen MR) is 98.9 cm³/mol. The molecule has 2 saturated carbocycles. The van der Waals surface area contributed by atoms with Gasteiger partial charge in [0.15, 0.2) is 0 Å². The molecular weight excluding hydrogens is 348 g/mol. The van der Waals surface area contributed by atoms with E-state index in [0.717, 1.165) is 19.3 Å². The van der Waals surface area contributed by atoms with E-state index in [2.05, 4.69) is 19.2 Å². The van der Waals surface area contributed by atoms with E-state index >= 15 is 0 Å². The summed E-state index contributed by atoms with van der Waals surface area (Å²) in [5.41, 5.74) is -0.131. The number of benzene rings is 1. The SMILES string of the molecule is CC(C)C(=O)N[C@H]1C(C)(C)[C@@H]2C[C@@H]3[C@@H](c4c(F)cccc4F)OCCC31C2. The zero-order chi connectivity index (χ0) is 19.6. The first-order valence-electron chi connectivity index (χ1n) is 10.0. The lowest BCUT2D eigenvalue weighted by Crippen LogP contribution is -2.59. The fourth-order valence-corrected chi connectivity index (χ4v) is 6.16. The lowest BCUT2D eigenvalue weighted by atomic mass is 9.58. The Morgan fingerprint density at radius 2 is 1.93 bits per heavy atom. The molecule has 27 heavy (non-hydrogen) atoms. The summed E-state index contributed by atoms with van der Waals surface area (Å²) in [5, 5.41) is 3.31. The monoisotopic (exact) mass is 377 g/mol. The Morgan fingerprint density at radius 1 is 1.26 bits per heavy atom. The van der Waals surface area contributed by atoms with Crippen LogP contribution in [0.15, 0.2) is 18.2 Å². The molecule has 1 spiro atoms. The Morgan fingerprint density at radius 3 is 2.56 bits per heavy atom. The predicted octanol–water partition coefficient (Wildman–Crippen LogP) is 4.62. The summed E-state index contributed by atoms with van der Waals surface area (Å²) >= 11 is 0. The van der Waals surface area contributed by atoms with Gasteiger partial charge in [-0.2, -0.15) is 0 Å². The molecule has 5 atom stereocenters. The first-order chi connectivity index (χ1) is 12.7. The molecule has 4 rings (SSSR count). The van der Waals surface area contributed by atoms with Crippen LogP contribution >= 0.6 is 0 Å². The van der Waals surface area contributed by atoms with Crippen molar-refractivity contribution in [2.75, 3.05) is 6.61 Å². The number of halogens is 2.